The molecule has 1 unspecified atom stereocenters. The third kappa shape index (κ3) is 4.23. The van der Waals surface area contributed by atoms with Gasteiger partial charge in [-0.05, 0) is 32.2 Å². The van der Waals surface area contributed by atoms with E-state index in [0.717, 1.165) is 5.56 Å². The predicted molar refractivity (Wildman–Crippen MR) is 76.9 cm³/mol. The van der Waals surface area contributed by atoms with E-state index in [4.69, 9.17) is 5.73 Å². The maximum Gasteiger partial charge on any atom is 0.253 e. The molecular weight excluding hydrogens is 248 g/mol. The molecule has 0 saturated carbocycles. The lowest BCUT2D eigenvalue weighted by Gasteiger charge is -2.22. The minimum atomic E-state index is -0.909. The van der Waals surface area contributed by atoms with Crippen LogP contribution in [0.1, 0.15) is 22.8 Å². The van der Waals surface area contributed by atoms with Crippen LogP contribution in [0.25, 0.3) is 0 Å². The zero-order chi connectivity index (χ0) is 13.8. The van der Waals surface area contributed by atoms with Crippen molar-refractivity contribution in [1.29, 1.82) is 0 Å². The molecule has 1 aromatic rings. The number of amides is 1. The van der Waals surface area contributed by atoms with E-state index in [9.17, 15) is 9.90 Å². The Hall–Kier alpha value is -1.20. The minimum absolute atomic E-state index is 0.208. The van der Waals surface area contributed by atoms with E-state index in [0.29, 0.717) is 17.0 Å². The Bertz CT molecular complexity index is 433. The molecule has 4 N–H and O–H groups in total. The molecule has 1 rings (SSSR count). The topological polar surface area (TPSA) is 75.3 Å². The molecule has 0 fully saturated rings. The highest BCUT2D eigenvalue weighted by Gasteiger charge is 2.21. The Balaban J connectivity index is 2.69. The molecule has 100 valence electrons. The van der Waals surface area contributed by atoms with Gasteiger partial charge in [0.2, 0.25) is 0 Å². The van der Waals surface area contributed by atoms with Gasteiger partial charge in [0.25, 0.3) is 5.91 Å². The lowest BCUT2D eigenvalue weighted by Crippen LogP contribution is -2.42. The number of hydrogen-bond donors (Lipinski definition) is 3. The molecule has 0 aliphatic rings. The number of anilines is 1. The summed E-state index contributed by atoms with van der Waals surface area (Å²) in [5, 5.41) is 12.7. The smallest absolute Gasteiger partial charge is 0.253 e. The third-order valence-electron chi connectivity index (χ3n) is 2.54. The molecule has 0 aliphatic heterocycles. The zero-order valence-corrected chi connectivity index (χ0v) is 11.8. The van der Waals surface area contributed by atoms with Crippen LogP contribution in [0.4, 0.5) is 5.69 Å². The number of carbonyl (C=O) groups excluding carboxylic acids is 1. The van der Waals surface area contributed by atoms with Gasteiger partial charge in [-0.15, -0.1) is 0 Å². The van der Waals surface area contributed by atoms with Crippen molar-refractivity contribution in [3.05, 3.63) is 29.3 Å². The van der Waals surface area contributed by atoms with Crippen LogP contribution >= 0.6 is 11.8 Å². The summed E-state index contributed by atoms with van der Waals surface area (Å²) in [7, 11) is 0. The quantitative estimate of drug-likeness (QED) is 0.706. The summed E-state index contributed by atoms with van der Waals surface area (Å²) in [4.78, 5) is 12.0. The summed E-state index contributed by atoms with van der Waals surface area (Å²) in [5.74, 6) is 0.314. The fourth-order valence-electron chi connectivity index (χ4n) is 1.59. The highest BCUT2D eigenvalue weighted by molar-refractivity contribution is 7.98. The minimum Gasteiger partial charge on any atom is -0.398 e. The lowest BCUT2D eigenvalue weighted by atomic mass is 10.1. The Morgan fingerprint density at radius 1 is 1.56 bits per heavy atom. The first kappa shape index (κ1) is 14.9. The molecule has 18 heavy (non-hydrogen) atoms. The maximum absolute atomic E-state index is 12.0. The number of aryl methyl sites for hydroxylation is 1. The summed E-state index contributed by atoms with van der Waals surface area (Å²) in [6.45, 7) is 3.81. The van der Waals surface area contributed by atoms with E-state index in [-0.39, 0.29) is 12.5 Å². The van der Waals surface area contributed by atoms with Gasteiger partial charge in [-0.1, -0.05) is 11.6 Å². The van der Waals surface area contributed by atoms with Crippen molar-refractivity contribution in [2.24, 2.45) is 0 Å². The van der Waals surface area contributed by atoms with E-state index in [1.165, 1.54) is 11.8 Å². The first-order valence-electron chi connectivity index (χ1n) is 5.71. The number of thioether (sulfide) groups is 1. The van der Waals surface area contributed by atoms with Crippen LogP contribution in [0, 0.1) is 6.92 Å². The van der Waals surface area contributed by atoms with E-state index in [1.807, 2.05) is 19.2 Å². The van der Waals surface area contributed by atoms with Gasteiger partial charge in [-0.25, -0.2) is 0 Å². The van der Waals surface area contributed by atoms with Crippen molar-refractivity contribution in [2.45, 2.75) is 19.4 Å². The van der Waals surface area contributed by atoms with Crippen LogP contribution in [0.2, 0.25) is 0 Å². The van der Waals surface area contributed by atoms with Gasteiger partial charge < -0.3 is 16.2 Å². The van der Waals surface area contributed by atoms with Crippen LogP contribution in [-0.2, 0) is 0 Å². The number of rotatable bonds is 5. The molecule has 1 atom stereocenters. The van der Waals surface area contributed by atoms with Crippen molar-refractivity contribution in [1.82, 2.24) is 5.32 Å². The molecule has 0 spiro atoms. The second-order valence-electron chi connectivity index (χ2n) is 4.70. The van der Waals surface area contributed by atoms with E-state index in [1.54, 1.807) is 19.1 Å². The van der Waals surface area contributed by atoms with E-state index in [2.05, 4.69) is 5.32 Å². The zero-order valence-electron chi connectivity index (χ0n) is 11.0. The van der Waals surface area contributed by atoms with Gasteiger partial charge in [-0.3, -0.25) is 4.79 Å². The molecular formula is C13H20N2O2S. The number of benzene rings is 1. The molecule has 5 heteroatoms. The Labute approximate surface area is 112 Å². The largest absolute Gasteiger partial charge is 0.398 e. The average Bonchev–Trinajstić information content (AvgIpc) is 2.29. The number of nitrogens with two attached hydrogens (primary N) is 1. The van der Waals surface area contributed by atoms with E-state index >= 15 is 0 Å². The van der Waals surface area contributed by atoms with Crippen LogP contribution < -0.4 is 11.1 Å². The maximum atomic E-state index is 12.0. The first-order valence-corrected chi connectivity index (χ1v) is 7.11. The Morgan fingerprint density at radius 3 is 2.83 bits per heavy atom. The molecule has 0 saturated heterocycles. The van der Waals surface area contributed by atoms with Crippen molar-refractivity contribution >= 4 is 23.4 Å². The number of nitrogen functional groups attached to an aromatic ring is 1. The molecule has 0 aromatic heterocycles. The standard InChI is InChI=1S/C13H20N2O2S/c1-9-4-5-11(14)10(6-9)12(16)15-7-13(2,17)8-18-3/h4-6,17H,7-8,14H2,1-3H3,(H,15,16). The summed E-state index contributed by atoms with van der Waals surface area (Å²) < 4.78 is 0. The van der Waals surface area contributed by atoms with Crippen molar-refractivity contribution in [3.8, 4) is 0 Å². The summed E-state index contributed by atoms with van der Waals surface area (Å²) in [6, 6.07) is 5.31. The second-order valence-corrected chi connectivity index (χ2v) is 5.57. The van der Waals surface area contributed by atoms with Gasteiger partial charge in [-0.2, -0.15) is 11.8 Å². The fraction of sp³-hybridized carbons (Fsp3) is 0.462. The SMILES string of the molecule is CSCC(C)(O)CNC(=O)c1cc(C)ccc1N. The molecule has 0 bridgehead atoms. The summed E-state index contributed by atoms with van der Waals surface area (Å²) >= 11 is 1.54. The molecule has 1 aromatic carbocycles. The molecule has 0 heterocycles. The van der Waals surface area contributed by atoms with Gasteiger partial charge in [0.05, 0.1) is 11.2 Å². The molecule has 0 radical (unpaired) electrons. The second kappa shape index (κ2) is 6.11. The van der Waals surface area contributed by atoms with Crippen LogP contribution in [0.5, 0.6) is 0 Å². The lowest BCUT2D eigenvalue weighted by molar-refractivity contribution is 0.0725. The fourth-order valence-corrected chi connectivity index (χ4v) is 2.32. The average molecular weight is 268 g/mol. The number of aliphatic hydroxyl groups is 1. The van der Waals surface area contributed by atoms with Crippen LogP contribution in [0.15, 0.2) is 18.2 Å². The monoisotopic (exact) mass is 268 g/mol. The third-order valence-corrected chi connectivity index (χ3v) is 3.45. The first-order chi connectivity index (χ1) is 8.35. The summed E-state index contributed by atoms with van der Waals surface area (Å²) in [6.07, 6.45) is 1.91. The van der Waals surface area contributed by atoms with Gasteiger partial charge in [0.15, 0.2) is 0 Å². The number of hydrogen-bond acceptors (Lipinski definition) is 4. The highest BCUT2D eigenvalue weighted by Crippen LogP contribution is 2.14. The molecule has 1 amide bonds. The predicted octanol–water partition coefficient (Wildman–Crippen LogP) is 1.42. The van der Waals surface area contributed by atoms with Crippen molar-refractivity contribution in [2.75, 3.05) is 24.3 Å². The van der Waals surface area contributed by atoms with Gasteiger partial charge in [0.1, 0.15) is 0 Å². The normalized spacial score (nSPS) is 14.0. The summed E-state index contributed by atoms with van der Waals surface area (Å²) in [5.41, 5.74) is 6.73. The van der Waals surface area contributed by atoms with Gasteiger partial charge >= 0.3 is 0 Å². The number of carbonyl (C=O) groups is 1. The highest BCUT2D eigenvalue weighted by atomic mass is 32.2. The van der Waals surface area contributed by atoms with Crippen LogP contribution in [-0.4, -0.2) is 35.2 Å². The van der Waals surface area contributed by atoms with Gasteiger partial charge in [0, 0.05) is 18.0 Å². The molecule has 0 aliphatic carbocycles. The molecule has 4 nitrogen and oxygen atoms in total. The van der Waals surface area contributed by atoms with Crippen molar-refractivity contribution < 1.29 is 9.90 Å². The van der Waals surface area contributed by atoms with E-state index < -0.39 is 5.60 Å². The van der Waals surface area contributed by atoms with Crippen LogP contribution in [0.3, 0.4) is 0 Å². The van der Waals surface area contributed by atoms with Crippen molar-refractivity contribution in [3.63, 3.8) is 0 Å². The Morgan fingerprint density at radius 2 is 2.22 bits per heavy atom. The Kier molecular flexibility index (Phi) is 5.04. The number of nitrogens with one attached hydrogen (secondary N) is 1.